The first-order chi connectivity index (χ1) is 5.30. The van der Waals surface area contributed by atoms with E-state index < -0.39 is 0 Å². The Morgan fingerprint density at radius 3 is 2.36 bits per heavy atom. The van der Waals surface area contributed by atoms with E-state index in [1.54, 1.807) is 0 Å². The summed E-state index contributed by atoms with van der Waals surface area (Å²) in [5.74, 6) is 0. The lowest BCUT2D eigenvalue weighted by atomic mass is 10.1. The first-order valence-corrected chi connectivity index (χ1v) is 3.92. The van der Waals surface area contributed by atoms with Gasteiger partial charge < -0.3 is 5.32 Å². The third kappa shape index (κ3) is 3.66. The van der Waals surface area contributed by atoms with Gasteiger partial charge in [0.1, 0.15) is 0 Å². The number of rotatable bonds is 1. The van der Waals surface area contributed by atoms with Gasteiger partial charge in [0.2, 0.25) is 0 Å². The molecule has 0 bridgehead atoms. The first kappa shape index (κ1) is 10.0. The third-order valence-electron chi connectivity index (χ3n) is 1.21. The molecule has 0 aromatic heterocycles. The van der Waals surface area contributed by atoms with Gasteiger partial charge in [-0.2, -0.15) is 0 Å². The molecule has 0 unspecified atom stereocenters. The summed E-state index contributed by atoms with van der Waals surface area (Å²) in [4.78, 5) is 0. The number of dihydropyridines is 1. The summed E-state index contributed by atoms with van der Waals surface area (Å²) in [7, 11) is 0. The van der Waals surface area contributed by atoms with Crippen LogP contribution in [0, 0.1) is 6.54 Å². The normalized spacial score (nSPS) is 13.9. The Kier molecular flexibility index (Phi) is 5.26. The molecule has 0 atom stereocenters. The fraction of sp³-hybridized carbons (Fsp3) is 0.300. The fourth-order valence-electron chi connectivity index (χ4n) is 0.671. The summed E-state index contributed by atoms with van der Waals surface area (Å²) in [6, 6.07) is 0. The van der Waals surface area contributed by atoms with Crippen LogP contribution in [-0.2, 0) is 0 Å². The van der Waals surface area contributed by atoms with Crippen LogP contribution >= 0.6 is 0 Å². The monoisotopic (exact) mass is 150 g/mol. The molecule has 1 heteroatoms. The Bertz CT molecular complexity index is 175. The molecular formula is C10H16N. The topological polar surface area (TPSA) is 12.0 Å². The molecule has 1 radical (unpaired) electrons. The molecule has 11 heavy (non-hydrogen) atoms. The van der Waals surface area contributed by atoms with Crippen LogP contribution in [0.15, 0.2) is 36.1 Å². The molecule has 61 valence electrons. The second-order valence-electron chi connectivity index (χ2n) is 2.07. The van der Waals surface area contributed by atoms with Crippen molar-refractivity contribution in [1.82, 2.24) is 5.32 Å². The van der Waals surface area contributed by atoms with Crippen molar-refractivity contribution in [2.24, 2.45) is 0 Å². The Balaban J connectivity index is 0.000000461. The molecule has 0 aliphatic carbocycles. The lowest BCUT2D eigenvalue weighted by molar-refractivity contribution is 1.08. The number of hydrogen-bond donors (Lipinski definition) is 1. The lowest BCUT2D eigenvalue weighted by Crippen LogP contribution is -2.02. The van der Waals surface area contributed by atoms with Crippen molar-refractivity contribution >= 4 is 0 Å². The molecule has 0 amide bonds. The van der Waals surface area contributed by atoms with E-state index in [4.69, 9.17) is 0 Å². The van der Waals surface area contributed by atoms with Crippen LogP contribution in [0.1, 0.15) is 20.8 Å². The van der Waals surface area contributed by atoms with Crippen molar-refractivity contribution in [2.75, 3.05) is 0 Å². The molecule has 0 aromatic carbocycles. The van der Waals surface area contributed by atoms with Gasteiger partial charge in [-0.3, -0.25) is 0 Å². The molecular weight excluding hydrogens is 134 g/mol. The SMILES string of the molecule is C=C(C)C1=C[CH]NC=C1.CC. The van der Waals surface area contributed by atoms with Crippen LogP contribution in [0.2, 0.25) is 0 Å². The van der Waals surface area contributed by atoms with E-state index in [1.807, 2.05) is 45.7 Å². The molecule has 1 rings (SSSR count). The summed E-state index contributed by atoms with van der Waals surface area (Å²) in [6.07, 6.45) is 5.90. The van der Waals surface area contributed by atoms with E-state index in [1.165, 1.54) is 5.57 Å². The highest BCUT2D eigenvalue weighted by atomic mass is 14.8. The zero-order valence-corrected chi connectivity index (χ0v) is 7.52. The average Bonchev–Trinajstić information content (AvgIpc) is 2.10. The first-order valence-electron chi connectivity index (χ1n) is 3.92. The molecule has 0 fully saturated rings. The zero-order valence-electron chi connectivity index (χ0n) is 7.52. The van der Waals surface area contributed by atoms with Gasteiger partial charge in [0.05, 0.1) is 6.54 Å². The zero-order chi connectivity index (χ0) is 8.69. The van der Waals surface area contributed by atoms with Gasteiger partial charge in [0, 0.05) is 0 Å². The standard InChI is InChI=1S/C8H10N.C2H6/c1-7(2)8-3-5-9-6-4-8;1-2/h3-6,9H,1H2,2H3;1-2H3. The van der Waals surface area contributed by atoms with E-state index in [0.717, 1.165) is 5.57 Å². The predicted octanol–water partition coefficient (Wildman–Crippen LogP) is 2.79. The molecule has 0 spiro atoms. The minimum Gasteiger partial charge on any atom is -0.382 e. The van der Waals surface area contributed by atoms with Gasteiger partial charge in [0.25, 0.3) is 0 Å². The van der Waals surface area contributed by atoms with Gasteiger partial charge in [0.15, 0.2) is 0 Å². The average molecular weight is 150 g/mol. The molecule has 0 aromatic rings. The summed E-state index contributed by atoms with van der Waals surface area (Å²) >= 11 is 0. The quantitative estimate of drug-likeness (QED) is 0.606. The van der Waals surface area contributed by atoms with Gasteiger partial charge in [-0.25, -0.2) is 0 Å². The lowest BCUT2D eigenvalue weighted by Gasteiger charge is -2.05. The van der Waals surface area contributed by atoms with E-state index in [9.17, 15) is 0 Å². The van der Waals surface area contributed by atoms with Crippen LogP contribution in [0.4, 0.5) is 0 Å². The summed E-state index contributed by atoms with van der Waals surface area (Å²) in [6.45, 7) is 11.7. The molecule has 1 aliphatic rings. The van der Waals surface area contributed by atoms with Crippen LogP contribution in [0.5, 0.6) is 0 Å². The van der Waals surface area contributed by atoms with E-state index >= 15 is 0 Å². The van der Waals surface area contributed by atoms with E-state index in [-0.39, 0.29) is 0 Å². The highest BCUT2D eigenvalue weighted by molar-refractivity contribution is 5.39. The molecule has 1 nitrogen and oxygen atoms in total. The maximum absolute atomic E-state index is 3.81. The van der Waals surface area contributed by atoms with Crippen LogP contribution in [0.25, 0.3) is 0 Å². The summed E-state index contributed by atoms with van der Waals surface area (Å²) < 4.78 is 0. The highest BCUT2D eigenvalue weighted by Gasteiger charge is 1.94. The maximum Gasteiger partial charge on any atom is 0.0685 e. The van der Waals surface area contributed by atoms with Crippen molar-refractivity contribution in [1.29, 1.82) is 0 Å². The van der Waals surface area contributed by atoms with Gasteiger partial charge >= 0.3 is 0 Å². The van der Waals surface area contributed by atoms with Crippen molar-refractivity contribution < 1.29 is 0 Å². The molecule has 1 heterocycles. The minimum atomic E-state index is 1.10. The Hall–Kier alpha value is -0.980. The second kappa shape index (κ2) is 5.78. The number of allylic oxidation sites excluding steroid dienone is 3. The van der Waals surface area contributed by atoms with Crippen molar-refractivity contribution in [3.63, 3.8) is 0 Å². The Morgan fingerprint density at radius 2 is 2.09 bits per heavy atom. The van der Waals surface area contributed by atoms with Gasteiger partial charge in [-0.1, -0.05) is 32.1 Å². The highest BCUT2D eigenvalue weighted by Crippen LogP contribution is 2.10. The molecule has 1 aliphatic heterocycles. The number of nitrogens with one attached hydrogen (secondary N) is 1. The Labute approximate surface area is 69.5 Å². The van der Waals surface area contributed by atoms with Crippen molar-refractivity contribution in [3.8, 4) is 0 Å². The van der Waals surface area contributed by atoms with Crippen molar-refractivity contribution in [3.05, 3.63) is 42.6 Å². The Morgan fingerprint density at radius 1 is 1.45 bits per heavy atom. The molecule has 1 N–H and O–H groups in total. The number of hydrogen-bond acceptors (Lipinski definition) is 1. The summed E-state index contributed by atoms with van der Waals surface area (Å²) in [5.41, 5.74) is 2.29. The largest absolute Gasteiger partial charge is 0.382 e. The molecule has 0 saturated carbocycles. The van der Waals surface area contributed by atoms with Gasteiger partial charge in [-0.05, 0) is 24.8 Å². The van der Waals surface area contributed by atoms with Crippen LogP contribution in [0.3, 0.4) is 0 Å². The third-order valence-corrected chi connectivity index (χ3v) is 1.21. The minimum absolute atomic E-state index is 1.10. The maximum atomic E-state index is 3.81. The molecule has 0 saturated heterocycles. The second-order valence-corrected chi connectivity index (χ2v) is 2.07. The van der Waals surface area contributed by atoms with Crippen molar-refractivity contribution in [2.45, 2.75) is 20.8 Å². The van der Waals surface area contributed by atoms with E-state index in [2.05, 4.69) is 11.9 Å². The fourth-order valence-corrected chi connectivity index (χ4v) is 0.671. The summed E-state index contributed by atoms with van der Waals surface area (Å²) in [5, 5.41) is 2.95. The van der Waals surface area contributed by atoms with Crippen LogP contribution in [-0.4, -0.2) is 0 Å². The van der Waals surface area contributed by atoms with Gasteiger partial charge in [-0.15, -0.1) is 0 Å². The van der Waals surface area contributed by atoms with E-state index in [0.29, 0.717) is 0 Å². The predicted molar refractivity (Wildman–Crippen MR) is 50.8 cm³/mol. The smallest absolute Gasteiger partial charge is 0.0685 e. The van der Waals surface area contributed by atoms with Crippen LogP contribution < -0.4 is 5.32 Å².